The number of benzene rings is 2. The van der Waals surface area contributed by atoms with E-state index >= 15 is 0 Å². The second kappa shape index (κ2) is 9.68. The van der Waals surface area contributed by atoms with Crippen LogP contribution in [0.4, 0.5) is 24.5 Å². The summed E-state index contributed by atoms with van der Waals surface area (Å²) in [5.41, 5.74) is -0.141. The first-order valence-electron chi connectivity index (χ1n) is 10.7. The predicted molar refractivity (Wildman–Crippen MR) is 121 cm³/mol. The summed E-state index contributed by atoms with van der Waals surface area (Å²) in [6, 6.07) is 12.4. The molecule has 0 aromatic heterocycles. The van der Waals surface area contributed by atoms with Gasteiger partial charge in [0.1, 0.15) is 0 Å². The van der Waals surface area contributed by atoms with Gasteiger partial charge in [0.05, 0.1) is 36.6 Å². The summed E-state index contributed by atoms with van der Waals surface area (Å²) in [5.74, 6) is -1.48. The van der Waals surface area contributed by atoms with E-state index in [1.54, 1.807) is 31.2 Å². The van der Waals surface area contributed by atoms with Gasteiger partial charge in [-0.15, -0.1) is 0 Å². The minimum atomic E-state index is -4.82. The second-order valence-electron chi connectivity index (χ2n) is 7.58. The molecule has 0 radical (unpaired) electrons. The van der Waals surface area contributed by atoms with E-state index in [0.29, 0.717) is 23.8 Å². The molecule has 0 aliphatic carbocycles. The number of ether oxygens (including phenoxy) is 2. The largest absolute Gasteiger partial charge is 0.462 e. The molecular weight excluding hydrogens is 451 g/mol. The zero-order chi connectivity index (χ0) is 24.3. The minimum absolute atomic E-state index is 0.103. The number of carbonyl (C=O) groups is 2. The van der Waals surface area contributed by atoms with Gasteiger partial charge in [-0.3, -0.25) is 4.79 Å². The third kappa shape index (κ3) is 4.96. The lowest BCUT2D eigenvalue weighted by molar-refractivity contribution is -0.114. The highest BCUT2D eigenvalue weighted by Gasteiger charge is 2.46. The van der Waals surface area contributed by atoms with E-state index < -0.39 is 29.3 Å². The molecular formula is C24H22F3N3O4. The molecule has 0 bridgehead atoms. The van der Waals surface area contributed by atoms with E-state index in [2.05, 4.69) is 10.0 Å². The minimum Gasteiger partial charge on any atom is -0.462 e. The van der Waals surface area contributed by atoms with Crippen LogP contribution in [0, 0.1) is 0 Å². The Morgan fingerprint density at radius 2 is 1.68 bits per heavy atom. The molecule has 1 saturated heterocycles. The topological polar surface area (TPSA) is 71.4 Å². The number of halogens is 3. The van der Waals surface area contributed by atoms with Gasteiger partial charge in [-0.1, -0.05) is 12.1 Å². The fraction of sp³-hybridized carbons (Fsp3) is 0.292. The molecule has 1 amide bonds. The number of esters is 1. The van der Waals surface area contributed by atoms with E-state index in [0.717, 1.165) is 18.8 Å². The summed E-state index contributed by atoms with van der Waals surface area (Å²) >= 11 is 0. The Hall–Kier alpha value is -3.66. The van der Waals surface area contributed by atoms with Gasteiger partial charge in [0, 0.05) is 18.8 Å². The SMILES string of the molecule is CCOC(=O)c1ccc(N2N=C(C(F)(F)F)/C(=C/c3ccc(N4CCOCC4)cc3)C2=O)cc1. The van der Waals surface area contributed by atoms with Gasteiger partial charge >= 0.3 is 12.1 Å². The summed E-state index contributed by atoms with van der Waals surface area (Å²) in [6.45, 7) is 4.53. The van der Waals surface area contributed by atoms with Crippen LogP contribution in [0.15, 0.2) is 59.2 Å². The average Bonchev–Trinajstić information content (AvgIpc) is 3.17. The number of hydrogen-bond acceptors (Lipinski definition) is 6. The summed E-state index contributed by atoms with van der Waals surface area (Å²) < 4.78 is 51.3. The molecule has 2 aromatic carbocycles. The fourth-order valence-corrected chi connectivity index (χ4v) is 3.65. The van der Waals surface area contributed by atoms with Crippen molar-refractivity contribution in [3.63, 3.8) is 0 Å². The van der Waals surface area contributed by atoms with Gasteiger partial charge < -0.3 is 14.4 Å². The van der Waals surface area contributed by atoms with Crippen LogP contribution in [-0.4, -0.2) is 56.7 Å². The highest BCUT2D eigenvalue weighted by atomic mass is 19.4. The molecule has 10 heteroatoms. The number of hydrazone groups is 1. The number of carbonyl (C=O) groups excluding carboxylic acids is 2. The Morgan fingerprint density at radius 1 is 1.06 bits per heavy atom. The predicted octanol–water partition coefficient (Wildman–Crippen LogP) is 4.05. The second-order valence-corrected chi connectivity index (χ2v) is 7.58. The van der Waals surface area contributed by atoms with Crippen LogP contribution in [-0.2, 0) is 14.3 Å². The number of anilines is 2. The van der Waals surface area contributed by atoms with Crippen LogP contribution >= 0.6 is 0 Å². The van der Waals surface area contributed by atoms with Crippen molar-refractivity contribution in [1.82, 2.24) is 0 Å². The van der Waals surface area contributed by atoms with Crippen molar-refractivity contribution in [2.75, 3.05) is 42.8 Å². The van der Waals surface area contributed by atoms with Crippen molar-refractivity contribution in [1.29, 1.82) is 0 Å². The van der Waals surface area contributed by atoms with E-state index in [9.17, 15) is 22.8 Å². The lowest BCUT2D eigenvalue weighted by atomic mass is 10.1. The van der Waals surface area contributed by atoms with Crippen molar-refractivity contribution < 1.29 is 32.2 Å². The van der Waals surface area contributed by atoms with Gasteiger partial charge in [-0.25, -0.2) is 4.79 Å². The number of rotatable bonds is 5. The molecule has 0 saturated carbocycles. The summed E-state index contributed by atoms with van der Waals surface area (Å²) in [5, 5.41) is 4.25. The highest BCUT2D eigenvalue weighted by molar-refractivity contribution is 6.34. The van der Waals surface area contributed by atoms with E-state index in [4.69, 9.17) is 9.47 Å². The Bertz CT molecular complexity index is 1120. The average molecular weight is 473 g/mol. The van der Waals surface area contributed by atoms with Gasteiger partial charge in [-0.2, -0.15) is 23.3 Å². The maximum atomic E-state index is 13.7. The molecule has 0 N–H and O–H groups in total. The smallest absolute Gasteiger partial charge is 0.435 e. The molecule has 2 heterocycles. The van der Waals surface area contributed by atoms with Crippen molar-refractivity contribution >= 4 is 35.0 Å². The molecule has 0 unspecified atom stereocenters. The lowest BCUT2D eigenvalue weighted by Crippen LogP contribution is -2.36. The van der Waals surface area contributed by atoms with Crippen LogP contribution in [0.2, 0.25) is 0 Å². The monoisotopic (exact) mass is 473 g/mol. The molecule has 2 aliphatic heterocycles. The molecule has 0 spiro atoms. The van der Waals surface area contributed by atoms with E-state index in [-0.39, 0.29) is 17.9 Å². The van der Waals surface area contributed by atoms with Crippen molar-refractivity contribution in [3.8, 4) is 0 Å². The Balaban J connectivity index is 1.60. The molecule has 34 heavy (non-hydrogen) atoms. The number of morpholine rings is 1. The van der Waals surface area contributed by atoms with Gasteiger partial charge in [0.15, 0.2) is 5.71 Å². The maximum absolute atomic E-state index is 13.7. The van der Waals surface area contributed by atoms with Crippen molar-refractivity contribution in [2.24, 2.45) is 5.10 Å². The lowest BCUT2D eigenvalue weighted by Gasteiger charge is -2.28. The number of nitrogens with zero attached hydrogens (tertiary/aromatic N) is 3. The van der Waals surface area contributed by atoms with Crippen molar-refractivity contribution in [3.05, 3.63) is 65.2 Å². The molecule has 2 aliphatic rings. The summed E-state index contributed by atoms with van der Waals surface area (Å²) in [6.07, 6.45) is -3.64. The Kier molecular flexibility index (Phi) is 6.69. The molecule has 2 aromatic rings. The van der Waals surface area contributed by atoms with Crippen molar-refractivity contribution in [2.45, 2.75) is 13.1 Å². The zero-order valence-electron chi connectivity index (χ0n) is 18.3. The third-order valence-electron chi connectivity index (χ3n) is 5.35. The van der Waals surface area contributed by atoms with Gasteiger partial charge in [0.2, 0.25) is 0 Å². The first-order valence-corrected chi connectivity index (χ1v) is 10.7. The zero-order valence-corrected chi connectivity index (χ0v) is 18.3. The maximum Gasteiger partial charge on any atom is 0.435 e. The first-order chi connectivity index (χ1) is 16.3. The van der Waals surface area contributed by atoms with Gasteiger partial charge in [-0.05, 0) is 55.0 Å². The van der Waals surface area contributed by atoms with E-state index in [1.165, 1.54) is 30.3 Å². The number of amides is 1. The number of hydrogen-bond donors (Lipinski definition) is 0. The summed E-state index contributed by atoms with van der Waals surface area (Å²) in [4.78, 5) is 26.9. The van der Waals surface area contributed by atoms with Crippen LogP contribution in [0.25, 0.3) is 6.08 Å². The Morgan fingerprint density at radius 3 is 2.26 bits per heavy atom. The normalized spacial score (nSPS) is 17.8. The van der Waals surface area contributed by atoms with Crippen LogP contribution in [0.3, 0.4) is 0 Å². The highest BCUT2D eigenvalue weighted by Crippen LogP contribution is 2.33. The standard InChI is InChI=1S/C24H22F3N3O4/c1-2-34-23(32)17-5-9-19(10-6-17)30-22(31)20(21(28-30)24(25,26)27)15-16-3-7-18(8-4-16)29-11-13-33-14-12-29/h3-10,15H,2,11-14H2,1H3/b20-15-. The molecule has 0 atom stereocenters. The van der Waals surface area contributed by atoms with Crippen LogP contribution in [0.5, 0.6) is 0 Å². The first kappa shape index (κ1) is 23.5. The summed E-state index contributed by atoms with van der Waals surface area (Å²) in [7, 11) is 0. The quantitative estimate of drug-likeness (QED) is 0.484. The molecule has 4 rings (SSSR count). The van der Waals surface area contributed by atoms with E-state index in [1.807, 2.05) is 0 Å². The number of alkyl halides is 3. The Labute approximate surface area is 194 Å². The van der Waals surface area contributed by atoms with Crippen LogP contribution in [0.1, 0.15) is 22.8 Å². The third-order valence-corrected chi connectivity index (χ3v) is 5.35. The molecule has 7 nitrogen and oxygen atoms in total. The molecule has 1 fully saturated rings. The fourth-order valence-electron chi connectivity index (χ4n) is 3.65. The van der Waals surface area contributed by atoms with Gasteiger partial charge in [0.25, 0.3) is 5.91 Å². The van der Waals surface area contributed by atoms with Crippen LogP contribution < -0.4 is 9.91 Å². The molecule has 178 valence electrons.